The topological polar surface area (TPSA) is 25.8 Å². The summed E-state index contributed by atoms with van der Waals surface area (Å²) >= 11 is 0. The number of hydrogen-bond acceptors (Lipinski definition) is 2. The molecular weight excluding hydrogens is 592 g/mol. The molecule has 0 bridgehead atoms. The minimum Gasteiger partial charge on any atom is -0.243 e. The molecule has 0 amide bonds. The maximum atomic E-state index is 13.9. The van der Waals surface area contributed by atoms with Crippen LogP contribution in [0.5, 0.6) is 0 Å². The van der Waals surface area contributed by atoms with E-state index in [0.717, 1.165) is 48.5 Å². The molecule has 0 fully saturated rings. The third-order valence-corrected chi connectivity index (χ3v) is 6.33. The molecule has 0 radical (unpaired) electrons. The fraction of sp³-hybridized carbons (Fsp3) is 0.143. The Bertz CT molecular complexity index is 1680. The van der Waals surface area contributed by atoms with Crippen molar-refractivity contribution < 1.29 is 52.7 Å². The second kappa shape index (κ2) is 9.60. The van der Waals surface area contributed by atoms with Crippen LogP contribution < -0.4 is 0 Å². The second-order valence-electron chi connectivity index (χ2n) is 9.15. The first-order valence-corrected chi connectivity index (χ1v) is 11.6. The number of halogens is 12. The fourth-order valence-corrected chi connectivity index (χ4v) is 4.41. The summed E-state index contributed by atoms with van der Waals surface area (Å²) in [6.45, 7) is 0. The SMILES string of the molecule is FC(F)(F)c1ccc2nc(C(F)(F)F)c(-c3ccc(-c4cc5cc(C(F)(F)F)ccc5nc4C(F)(F)F)cc3)cc2c1. The Kier molecular flexibility index (Phi) is 6.66. The summed E-state index contributed by atoms with van der Waals surface area (Å²) in [6, 6.07) is 9.64. The van der Waals surface area contributed by atoms with Crippen molar-refractivity contribution in [2.75, 3.05) is 0 Å². The molecule has 42 heavy (non-hydrogen) atoms. The minimum absolute atomic E-state index is 0.237. The van der Waals surface area contributed by atoms with E-state index in [9.17, 15) is 52.7 Å². The van der Waals surface area contributed by atoms with Crippen LogP contribution in [0.25, 0.3) is 44.1 Å². The maximum Gasteiger partial charge on any atom is 0.433 e. The third kappa shape index (κ3) is 5.57. The lowest BCUT2D eigenvalue weighted by Gasteiger charge is -2.16. The average molecular weight is 604 g/mol. The molecule has 2 nitrogen and oxygen atoms in total. The molecule has 2 heterocycles. The van der Waals surface area contributed by atoms with Gasteiger partial charge in [0.25, 0.3) is 0 Å². The first-order chi connectivity index (χ1) is 19.3. The van der Waals surface area contributed by atoms with Crippen molar-refractivity contribution in [2.45, 2.75) is 24.7 Å². The second-order valence-corrected chi connectivity index (χ2v) is 9.15. The van der Waals surface area contributed by atoms with Gasteiger partial charge in [0.05, 0.1) is 22.2 Å². The number of hydrogen-bond donors (Lipinski definition) is 0. The van der Waals surface area contributed by atoms with E-state index in [-0.39, 0.29) is 32.9 Å². The highest BCUT2D eigenvalue weighted by molar-refractivity contribution is 5.88. The zero-order valence-corrected chi connectivity index (χ0v) is 20.4. The van der Waals surface area contributed by atoms with Gasteiger partial charge in [0.2, 0.25) is 0 Å². The predicted octanol–water partition coefficient (Wildman–Crippen LogP) is 10.2. The number of pyridine rings is 2. The monoisotopic (exact) mass is 604 g/mol. The van der Waals surface area contributed by atoms with Crippen LogP contribution in [0.4, 0.5) is 52.7 Å². The number of nitrogens with zero attached hydrogens (tertiary/aromatic N) is 2. The fourth-order valence-electron chi connectivity index (χ4n) is 4.41. The number of aromatic nitrogens is 2. The van der Waals surface area contributed by atoms with Crippen LogP contribution in [-0.2, 0) is 24.7 Å². The van der Waals surface area contributed by atoms with Gasteiger partial charge in [0.15, 0.2) is 11.4 Å². The Morgan fingerprint density at radius 3 is 1.00 bits per heavy atom. The van der Waals surface area contributed by atoms with E-state index in [2.05, 4.69) is 9.97 Å². The van der Waals surface area contributed by atoms with Crippen LogP contribution in [0.15, 0.2) is 72.8 Å². The van der Waals surface area contributed by atoms with Gasteiger partial charge in [-0.15, -0.1) is 0 Å². The molecule has 5 rings (SSSR count). The summed E-state index contributed by atoms with van der Waals surface area (Å²) in [5.74, 6) is 0. The quantitative estimate of drug-likeness (QED) is 0.188. The molecule has 3 aromatic carbocycles. The Labute approximate surface area is 227 Å². The van der Waals surface area contributed by atoms with Crippen molar-refractivity contribution in [3.8, 4) is 22.3 Å². The van der Waals surface area contributed by atoms with Gasteiger partial charge in [-0.3, -0.25) is 0 Å². The molecule has 5 aromatic rings. The zero-order chi connectivity index (χ0) is 30.8. The Morgan fingerprint density at radius 2 is 0.714 bits per heavy atom. The van der Waals surface area contributed by atoms with Gasteiger partial charge in [-0.25, -0.2) is 9.97 Å². The normalized spacial score (nSPS) is 13.2. The van der Waals surface area contributed by atoms with Gasteiger partial charge in [0.1, 0.15) is 0 Å². The smallest absolute Gasteiger partial charge is 0.243 e. The van der Waals surface area contributed by atoms with Crippen molar-refractivity contribution in [2.24, 2.45) is 0 Å². The molecule has 0 unspecified atom stereocenters. The lowest BCUT2D eigenvalue weighted by molar-refractivity contribution is -0.141. The standard InChI is InChI=1S/C28H12F12N2/c29-25(30,31)17-5-7-21-15(9-17)11-19(23(41-21)27(35,36)37)13-1-2-14(4-3-13)20-12-16-10-18(26(32,33)34)6-8-22(16)42-24(20)28(38,39)40/h1-12H. The van der Waals surface area contributed by atoms with Crippen LogP contribution in [0.3, 0.4) is 0 Å². The van der Waals surface area contributed by atoms with Crippen molar-refractivity contribution in [1.29, 1.82) is 0 Å². The number of fused-ring (bicyclic) bond motifs is 2. The molecule has 0 aliphatic heterocycles. The Hall–Kier alpha value is -4.36. The molecule has 0 spiro atoms. The first kappa shape index (κ1) is 29.1. The summed E-state index contributed by atoms with van der Waals surface area (Å²) in [7, 11) is 0. The lowest BCUT2D eigenvalue weighted by atomic mass is 9.96. The van der Waals surface area contributed by atoms with Crippen LogP contribution in [0, 0.1) is 0 Å². The van der Waals surface area contributed by atoms with Gasteiger partial charge in [0, 0.05) is 21.9 Å². The molecule has 14 heteroatoms. The van der Waals surface area contributed by atoms with E-state index in [4.69, 9.17) is 0 Å². The molecule has 0 N–H and O–H groups in total. The predicted molar refractivity (Wildman–Crippen MR) is 128 cm³/mol. The summed E-state index contributed by atoms with van der Waals surface area (Å²) < 4.78 is 162. The zero-order valence-electron chi connectivity index (χ0n) is 20.4. The molecule has 0 saturated carbocycles. The van der Waals surface area contributed by atoms with Gasteiger partial charge >= 0.3 is 24.7 Å². The van der Waals surface area contributed by atoms with E-state index in [0.29, 0.717) is 24.3 Å². The maximum absolute atomic E-state index is 13.9. The van der Waals surface area contributed by atoms with E-state index in [1.54, 1.807) is 0 Å². The third-order valence-electron chi connectivity index (χ3n) is 6.33. The Morgan fingerprint density at radius 1 is 0.381 bits per heavy atom. The van der Waals surface area contributed by atoms with Gasteiger partial charge < -0.3 is 0 Å². The number of benzene rings is 3. The lowest BCUT2D eigenvalue weighted by Crippen LogP contribution is -2.11. The van der Waals surface area contributed by atoms with E-state index >= 15 is 0 Å². The molecule has 218 valence electrons. The van der Waals surface area contributed by atoms with E-state index in [1.807, 2.05) is 0 Å². The van der Waals surface area contributed by atoms with Crippen LogP contribution >= 0.6 is 0 Å². The first-order valence-electron chi connectivity index (χ1n) is 11.6. The molecule has 0 aliphatic rings. The highest BCUT2D eigenvalue weighted by Crippen LogP contribution is 2.42. The Balaban J connectivity index is 1.67. The van der Waals surface area contributed by atoms with Crippen LogP contribution in [-0.4, -0.2) is 9.97 Å². The average Bonchev–Trinajstić information content (AvgIpc) is 2.89. The molecule has 0 atom stereocenters. The van der Waals surface area contributed by atoms with Crippen LogP contribution in [0.1, 0.15) is 22.5 Å². The van der Waals surface area contributed by atoms with Gasteiger partial charge in [-0.05, 0) is 59.7 Å². The highest BCUT2D eigenvalue weighted by atomic mass is 19.4. The van der Waals surface area contributed by atoms with Crippen molar-refractivity contribution >= 4 is 21.8 Å². The summed E-state index contributed by atoms with van der Waals surface area (Å²) in [5.41, 5.74) is -7.62. The summed E-state index contributed by atoms with van der Waals surface area (Å²) in [6.07, 6.45) is -19.7. The van der Waals surface area contributed by atoms with Crippen molar-refractivity contribution in [3.05, 3.63) is 95.3 Å². The number of rotatable bonds is 2. The van der Waals surface area contributed by atoms with Crippen LogP contribution in [0.2, 0.25) is 0 Å². The number of alkyl halides is 12. The molecule has 0 aliphatic carbocycles. The summed E-state index contributed by atoms with van der Waals surface area (Å²) in [4.78, 5) is 6.98. The van der Waals surface area contributed by atoms with E-state index < -0.39 is 58.3 Å². The van der Waals surface area contributed by atoms with E-state index in [1.165, 1.54) is 0 Å². The molecular formula is C28H12F12N2. The minimum atomic E-state index is -5.05. The van der Waals surface area contributed by atoms with Gasteiger partial charge in [-0.1, -0.05) is 24.3 Å². The van der Waals surface area contributed by atoms with Gasteiger partial charge in [-0.2, -0.15) is 52.7 Å². The summed E-state index contributed by atoms with van der Waals surface area (Å²) in [5, 5.41) is -0.536. The van der Waals surface area contributed by atoms with Crippen molar-refractivity contribution in [1.82, 2.24) is 9.97 Å². The largest absolute Gasteiger partial charge is 0.433 e. The highest BCUT2D eigenvalue weighted by Gasteiger charge is 2.38. The van der Waals surface area contributed by atoms with Crippen molar-refractivity contribution in [3.63, 3.8) is 0 Å². The molecule has 2 aromatic heterocycles. The molecule has 0 saturated heterocycles.